The van der Waals surface area contributed by atoms with Crippen LogP contribution < -0.4 is 5.32 Å². The summed E-state index contributed by atoms with van der Waals surface area (Å²) in [6.07, 6.45) is 0. The highest BCUT2D eigenvalue weighted by Gasteiger charge is 2.17. The van der Waals surface area contributed by atoms with Gasteiger partial charge in [-0.05, 0) is 36.8 Å². The quantitative estimate of drug-likeness (QED) is 0.870. The largest absolute Gasteiger partial charge is 0.326 e. The predicted octanol–water partition coefficient (Wildman–Crippen LogP) is 4.74. The molecule has 1 amide bonds. The average Bonchev–Trinajstić information content (AvgIpc) is 2.38. The van der Waals surface area contributed by atoms with E-state index in [1.54, 1.807) is 30.3 Å². The SMILES string of the molecule is CC(C(=O)Nc1cccc(Cl)c1)c1ccccc1Cl. The first-order valence-corrected chi connectivity index (χ1v) is 6.64. The Bertz CT molecular complexity index is 598. The summed E-state index contributed by atoms with van der Waals surface area (Å²) in [7, 11) is 0. The summed E-state index contributed by atoms with van der Waals surface area (Å²) in [5, 5.41) is 4.01. The molecular weight excluding hydrogens is 281 g/mol. The molecule has 0 heterocycles. The van der Waals surface area contributed by atoms with E-state index in [-0.39, 0.29) is 11.8 Å². The number of halogens is 2. The van der Waals surface area contributed by atoms with E-state index in [0.29, 0.717) is 15.7 Å². The standard InChI is InChI=1S/C15H13Cl2NO/c1-10(13-7-2-3-8-14(13)17)15(19)18-12-6-4-5-11(16)9-12/h2-10H,1H3,(H,18,19). The third-order valence-electron chi connectivity index (χ3n) is 2.86. The van der Waals surface area contributed by atoms with Gasteiger partial charge in [0.25, 0.3) is 0 Å². The van der Waals surface area contributed by atoms with Gasteiger partial charge in [-0.2, -0.15) is 0 Å². The molecule has 0 aromatic heterocycles. The topological polar surface area (TPSA) is 29.1 Å². The highest BCUT2D eigenvalue weighted by atomic mass is 35.5. The zero-order chi connectivity index (χ0) is 13.8. The fraction of sp³-hybridized carbons (Fsp3) is 0.133. The Morgan fingerprint density at radius 3 is 2.53 bits per heavy atom. The van der Waals surface area contributed by atoms with Gasteiger partial charge in [0.2, 0.25) is 5.91 Å². The lowest BCUT2D eigenvalue weighted by Gasteiger charge is -2.14. The molecule has 19 heavy (non-hydrogen) atoms. The molecule has 0 bridgehead atoms. The van der Waals surface area contributed by atoms with Crippen LogP contribution in [0.4, 0.5) is 5.69 Å². The van der Waals surface area contributed by atoms with Gasteiger partial charge in [0.05, 0.1) is 5.92 Å². The second-order valence-corrected chi connectivity index (χ2v) is 5.09. The normalized spacial score (nSPS) is 11.9. The van der Waals surface area contributed by atoms with Crippen LogP contribution >= 0.6 is 23.2 Å². The number of hydrogen-bond acceptors (Lipinski definition) is 1. The molecule has 0 saturated carbocycles. The molecule has 0 aliphatic heterocycles. The Kier molecular flexibility index (Phi) is 4.46. The van der Waals surface area contributed by atoms with E-state index in [0.717, 1.165) is 5.56 Å². The fourth-order valence-electron chi connectivity index (χ4n) is 1.78. The third kappa shape index (κ3) is 3.49. The number of carbonyl (C=O) groups is 1. The molecule has 0 fully saturated rings. The van der Waals surface area contributed by atoms with Crippen molar-refractivity contribution in [1.82, 2.24) is 0 Å². The molecule has 98 valence electrons. The minimum atomic E-state index is -0.326. The van der Waals surface area contributed by atoms with Crippen LogP contribution in [0.25, 0.3) is 0 Å². The summed E-state index contributed by atoms with van der Waals surface area (Å²) >= 11 is 12.0. The second-order valence-electron chi connectivity index (χ2n) is 4.24. The summed E-state index contributed by atoms with van der Waals surface area (Å²) in [4.78, 5) is 12.2. The van der Waals surface area contributed by atoms with Gasteiger partial charge in [-0.1, -0.05) is 47.5 Å². The molecule has 0 aliphatic carbocycles. The minimum absolute atomic E-state index is 0.115. The Morgan fingerprint density at radius 2 is 1.84 bits per heavy atom. The van der Waals surface area contributed by atoms with Crippen molar-refractivity contribution >= 4 is 34.8 Å². The molecule has 2 aromatic carbocycles. The number of benzene rings is 2. The number of carbonyl (C=O) groups excluding carboxylic acids is 1. The first-order chi connectivity index (χ1) is 9.08. The Labute approximate surface area is 122 Å². The maximum absolute atomic E-state index is 12.2. The summed E-state index contributed by atoms with van der Waals surface area (Å²) in [5.74, 6) is -0.442. The number of rotatable bonds is 3. The monoisotopic (exact) mass is 293 g/mol. The van der Waals surface area contributed by atoms with E-state index in [4.69, 9.17) is 23.2 Å². The van der Waals surface area contributed by atoms with Crippen molar-refractivity contribution in [1.29, 1.82) is 0 Å². The van der Waals surface area contributed by atoms with E-state index in [9.17, 15) is 4.79 Å². The van der Waals surface area contributed by atoms with Gasteiger partial charge in [-0.3, -0.25) is 4.79 Å². The zero-order valence-corrected chi connectivity index (χ0v) is 11.9. The Hall–Kier alpha value is -1.51. The summed E-state index contributed by atoms with van der Waals surface area (Å²) in [6.45, 7) is 1.82. The maximum Gasteiger partial charge on any atom is 0.231 e. The van der Waals surface area contributed by atoms with Gasteiger partial charge in [0.15, 0.2) is 0 Å². The predicted molar refractivity (Wildman–Crippen MR) is 79.9 cm³/mol. The molecule has 1 unspecified atom stereocenters. The van der Waals surface area contributed by atoms with Crippen molar-refractivity contribution in [2.24, 2.45) is 0 Å². The van der Waals surface area contributed by atoms with Crippen LogP contribution in [-0.2, 0) is 4.79 Å². The lowest BCUT2D eigenvalue weighted by atomic mass is 10.0. The number of anilines is 1. The van der Waals surface area contributed by atoms with Crippen LogP contribution in [0.5, 0.6) is 0 Å². The zero-order valence-electron chi connectivity index (χ0n) is 10.4. The van der Waals surface area contributed by atoms with Crippen molar-refractivity contribution in [3.05, 3.63) is 64.1 Å². The van der Waals surface area contributed by atoms with Gasteiger partial charge in [0.1, 0.15) is 0 Å². The van der Waals surface area contributed by atoms with Gasteiger partial charge in [-0.15, -0.1) is 0 Å². The molecule has 1 N–H and O–H groups in total. The van der Waals surface area contributed by atoms with Crippen LogP contribution in [-0.4, -0.2) is 5.91 Å². The highest BCUT2D eigenvalue weighted by molar-refractivity contribution is 6.32. The van der Waals surface area contributed by atoms with Crippen LogP contribution in [0.1, 0.15) is 18.4 Å². The Balaban J connectivity index is 2.14. The van der Waals surface area contributed by atoms with E-state index in [2.05, 4.69) is 5.32 Å². The first kappa shape index (κ1) is 13.9. The fourth-order valence-corrected chi connectivity index (χ4v) is 2.27. The highest BCUT2D eigenvalue weighted by Crippen LogP contribution is 2.25. The first-order valence-electron chi connectivity index (χ1n) is 5.89. The number of amides is 1. The summed E-state index contributed by atoms with van der Waals surface area (Å²) < 4.78 is 0. The molecule has 2 aromatic rings. The maximum atomic E-state index is 12.2. The van der Waals surface area contributed by atoms with Gasteiger partial charge >= 0.3 is 0 Å². The number of hydrogen-bond donors (Lipinski definition) is 1. The summed E-state index contributed by atoms with van der Waals surface area (Å²) in [5.41, 5.74) is 1.49. The van der Waals surface area contributed by atoms with Crippen molar-refractivity contribution in [2.75, 3.05) is 5.32 Å². The lowest BCUT2D eigenvalue weighted by molar-refractivity contribution is -0.117. The number of nitrogens with one attached hydrogen (secondary N) is 1. The van der Waals surface area contributed by atoms with Gasteiger partial charge in [0, 0.05) is 15.7 Å². The molecule has 2 rings (SSSR count). The van der Waals surface area contributed by atoms with Crippen molar-refractivity contribution in [3.8, 4) is 0 Å². The molecule has 0 aliphatic rings. The minimum Gasteiger partial charge on any atom is -0.326 e. The lowest BCUT2D eigenvalue weighted by Crippen LogP contribution is -2.19. The van der Waals surface area contributed by atoms with Crippen LogP contribution in [0, 0.1) is 0 Å². The molecular formula is C15H13Cl2NO. The molecule has 0 spiro atoms. The average molecular weight is 294 g/mol. The molecule has 4 heteroatoms. The van der Waals surface area contributed by atoms with Crippen LogP contribution in [0.15, 0.2) is 48.5 Å². The smallest absolute Gasteiger partial charge is 0.231 e. The van der Waals surface area contributed by atoms with Gasteiger partial charge in [-0.25, -0.2) is 0 Å². The molecule has 1 atom stereocenters. The van der Waals surface area contributed by atoms with E-state index < -0.39 is 0 Å². The second kappa shape index (κ2) is 6.09. The van der Waals surface area contributed by atoms with Crippen molar-refractivity contribution < 1.29 is 4.79 Å². The van der Waals surface area contributed by atoms with Crippen LogP contribution in [0.3, 0.4) is 0 Å². The van der Waals surface area contributed by atoms with Crippen molar-refractivity contribution in [3.63, 3.8) is 0 Å². The van der Waals surface area contributed by atoms with E-state index in [1.807, 2.05) is 25.1 Å². The van der Waals surface area contributed by atoms with Gasteiger partial charge < -0.3 is 5.32 Å². The summed E-state index contributed by atoms with van der Waals surface area (Å²) in [6, 6.07) is 14.4. The van der Waals surface area contributed by atoms with Crippen LogP contribution in [0.2, 0.25) is 10.0 Å². The van der Waals surface area contributed by atoms with E-state index in [1.165, 1.54) is 0 Å². The van der Waals surface area contributed by atoms with E-state index >= 15 is 0 Å². The van der Waals surface area contributed by atoms with Crippen molar-refractivity contribution in [2.45, 2.75) is 12.8 Å². The molecule has 2 nitrogen and oxygen atoms in total. The Morgan fingerprint density at radius 1 is 1.11 bits per heavy atom. The molecule has 0 radical (unpaired) electrons. The molecule has 0 saturated heterocycles. The third-order valence-corrected chi connectivity index (χ3v) is 3.44.